The molecule has 0 radical (unpaired) electrons. The quantitative estimate of drug-likeness (QED) is 0.819. The number of dihydropyridines is 1. The first-order valence-electron chi connectivity index (χ1n) is 5.94. The summed E-state index contributed by atoms with van der Waals surface area (Å²) in [6.07, 6.45) is 2.75. The van der Waals surface area contributed by atoms with Gasteiger partial charge >= 0.3 is 0 Å². The van der Waals surface area contributed by atoms with E-state index in [0.717, 1.165) is 12.0 Å². The van der Waals surface area contributed by atoms with Crippen LogP contribution >= 0.6 is 0 Å². The zero-order valence-electron chi connectivity index (χ0n) is 10.2. The highest BCUT2D eigenvalue weighted by atomic mass is 16.3. The van der Waals surface area contributed by atoms with Crippen LogP contribution in [0.5, 0.6) is 5.75 Å². The summed E-state index contributed by atoms with van der Waals surface area (Å²) < 4.78 is 0. The van der Waals surface area contributed by atoms with Gasteiger partial charge in [-0.05, 0) is 42.2 Å². The summed E-state index contributed by atoms with van der Waals surface area (Å²) in [4.78, 5) is 4.42. The van der Waals surface area contributed by atoms with Gasteiger partial charge in [0.15, 0.2) is 0 Å². The van der Waals surface area contributed by atoms with Crippen LogP contribution in [0.1, 0.15) is 25.8 Å². The Balaban J connectivity index is 2.49. The third-order valence-electron chi connectivity index (χ3n) is 3.20. The Bertz CT molecular complexity index is 460. The maximum absolute atomic E-state index is 9.33. The third kappa shape index (κ3) is 2.24. The highest BCUT2D eigenvalue weighted by Gasteiger charge is 2.21. The second-order valence-electron chi connectivity index (χ2n) is 4.34. The van der Waals surface area contributed by atoms with Crippen LogP contribution in [-0.2, 0) is 0 Å². The van der Waals surface area contributed by atoms with Crippen molar-refractivity contribution in [2.24, 2.45) is 10.7 Å². The standard InChI is InChI=1S/C14H18N2O/c1-3-12-13(15)8-16-9(2)14(12)10-4-6-11(17)7-5-10/h4-9,13,17H,3,15H2,1-2H3/t9-,13?/m0/s1. The van der Waals surface area contributed by atoms with Crippen molar-refractivity contribution in [3.05, 3.63) is 35.4 Å². The lowest BCUT2D eigenvalue weighted by molar-refractivity contribution is 0.475. The number of benzene rings is 1. The summed E-state index contributed by atoms with van der Waals surface area (Å²) in [5.74, 6) is 0.281. The molecule has 2 rings (SSSR count). The summed E-state index contributed by atoms with van der Waals surface area (Å²) in [7, 11) is 0. The summed E-state index contributed by atoms with van der Waals surface area (Å²) >= 11 is 0. The molecule has 1 aromatic carbocycles. The molecule has 1 unspecified atom stereocenters. The number of aliphatic imine (C=N–C) groups is 1. The third-order valence-corrected chi connectivity index (χ3v) is 3.20. The lowest BCUT2D eigenvalue weighted by Gasteiger charge is -2.25. The predicted molar refractivity (Wildman–Crippen MR) is 71.2 cm³/mol. The van der Waals surface area contributed by atoms with Gasteiger partial charge in [-0.3, -0.25) is 4.99 Å². The topological polar surface area (TPSA) is 58.6 Å². The molecule has 1 heterocycles. The monoisotopic (exact) mass is 230 g/mol. The van der Waals surface area contributed by atoms with Gasteiger partial charge in [0.2, 0.25) is 0 Å². The van der Waals surface area contributed by atoms with Gasteiger partial charge in [0.1, 0.15) is 5.75 Å². The lowest BCUT2D eigenvalue weighted by atomic mass is 9.87. The molecule has 0 aromatic heterocycles. The van der Waals surface area contributed by atoms with E-state index in [1.165, 1.54) is 11.1 Å². The van der Waals surface area contributed by atoms with Gasteiger partial charge in [0.05, 0.1) is 12.1 Å². The van der Waals surface area contributed by atoms with Crippen LogP contribution in [0.25, 0.3) is 5.57 Å². The van der Waals surface area contributed by atoms with E-state index in [1.54, 1.807) is 12.1 Å². The Morgan fingerprint density at radius 2 is 1.94 bits per heavy atom. The minimum Gasteiger partial charge on any atom is -0.508 e. The van der Waals surface area contributed by atoms with E-state index in [-0.39, 0.29) is 17.8 Å². The molecule has 3 nitrogen and oxygen atoms in total. The summed E-state index contributed by atoms with van der Waals surface area (Å²) in [6.45, 7) is 4.18. The fourth-order valence-corrected chi connectivity index (χ4v) is 2.33. The van der Waals surface area contributed by atoms with Crippen LogP contribution in [0.15, 0.2) is 34.8 Å². The molecule has 1 aliphatic heterocycles. The number of nitrogens with two attached hydrogens (primary N) is 1. The van der Waals surface area contributed by atoms with E-state index in [9.17, 15) is 5.11 Å². The minimum absolute atomic E-state index is 0.0833. The first-order valence-corrected chi connectivity index (χ1v) is 5.94. The average Bonchev–Trinajstić information content (AvgIpc) is 2.33. The normalized spacial score (nSPS) is 24.2. The lowest BCUT2D eigenvalue weighted by Crippen LogP contribution is -2.30. The second-order valence-corrected chi connectivity index (χ2v) is 4.34. The number of hydrogen-bond donors (Lipinski definition) is 2. The van der Waals surface area contributed by atoms with E-state index in [1.807, 2.05) is 18.3 Å². The predicted octanol–water partition coefficient (Wildman–Crippen LogP) is 2.36. The molecule has 0 saturated heterocycles. The zero-order chi connectivity index (χ0) is 12.4. The van der Waals surface area contributed by atoms with Crippen LogP contribution in [-0.4, -0.2) is 23.4 Å². The van der Waals surface area contributed by atoms with E-state index in [0.29, 0.717) is 0 Å². The van der Waals surface area contributed by atoms with Crippen LogP contribution in [0, 0.1) is 0 Å². The molecule has 3 N–H and O–H groups in total. The first-order chi connectivity index (χ1) is 8.13. The molecule has 0 bridgehead atoms. The molecule has 0 amide bonds. The van der Waals surface area contributed by atoms with Crippen LogP contribution < -0.4 is 5.73 Å². The van der Waals surface area contributed by atoms with Crippen molar-refractivity contribution in [1.82, 2.24) is 0 Å². The molecule has 1 aliphatic rings. The molecule has 0 aliphatic carbocycles. The smallest absolute Gasteiger partial charge is 0.115 e. The van der Waals surface area contributed by atoms with Crippen molar-refractivity contribution in [1.29, 1.82) is 0 Å². The summed E-state index contributed by atoms with van der Waals surface area (Å²) in [6, 6.07) is 7.29. The van der Waals surface area contributed by atoms with Crippen molar-refractivity contribution in [3.8, 4) is 5.75 Å². The molecule has 0 saturated carbocycles. The van der Waals surface area contributed by atoms with Crippen LogP contribution in [0.4, 0.5) is 0 Å². The molecular formula is C14H18N2O. The fraction of sp³-hybridized carbons (Fsp3) is 0.357. The van der Waals surface area contributed by atoms with Gasteiger partial charge in [0, 0.05) is 6.21 Å². The van der Waals surface area contributed by atoms with Crippen LogP contribution in [0.3, 0.4) is 0 Å². The highest BCUT2D eigenvalue weighted by Crippen LogP contribution is 2.30. The van der Waals surface area contributed by atoms with E-state index < -0.39 is 0 Å². The Hall–Kier alpha value is -1.61. The van der Waals surface area contributed by atoms with Gasteiger partial charge in [-0.15, -0.1) is 0 Å². The highest BCUT2D eigenvalue weighted by molar-refractivity contribution is 5.84. The number of rotatable bonds is 2. The first kappa shape index (κ1) is 11.9. The van der Waals surface area contributed by atoms with Gasteiger partial charge in [-0.25, -0.2) is 0 Å². The SMILES string of the molecule is CCC1=C(c2ccc(O)cc2)[C@H](C)N=CC1N. The Labute approximate surface area is 102 Å². The number of hydrogen-bond acceptors (Lipinski definition) is 3. The summed E-state index contributed by atoms with van der Waals surface area (Å²) in [5, 5.41) is 9.33. The van der Waals surface area contributed by atoms with Crippen molar-refractivity contribution < 1.29 is 5.11 Å². The fourth-order valence-electron chi connectivity index (χ4n) is 2.33. The maximum Gasteiger partial charge on any atom is 0.115 e. The van der Waals surface area contributed by atoms with Gasteiger partial charge < -0.3 is 10.8 Å². The molecule has 90 valence electrons. The molecule has 0 spiro atoms. The molecule has 2 atom stereocenters. The maximum atomic E-state index is 9.33. The Morgan fingerprint density at radius 1 is 1.29 bits per heavy atom. The second kappa shape index (κ2) is 4.72. The van der Waals surface area contributed by atoms with E-state index in [2.05, 4.69) is 18.8 Å². The molecule has 1 aromatic rings. The largest absolute Gasteiger partial charge is 0.508 e. The molecule has 0 fully saturated rings. The number of phenolic OH excluding ortho intramolecular Hbond substituents is 1. The van der Waals surface area contributed by atoms with Gasteiger partial charge in [0.25, 0.3) is 0 Å². The zero-order valence-corrected chi connectivity index (χ0v) is 10.2. The minimum atomic E-state index is -0.0833. The van der Waals surface area contributed by atoms with E-state index in [4.69, 9.17) is 5.73 Å². The van der Waals surface area contributed by atoms with E-state index >= 15 is 0 Å². The average molecular weight is 230 g/mol. The number of phenols is 1. The Kier molecular flexibility index (Phi) is 3.29. The van der Waals surface area contributed by atoms with Crippen molar-refractivity contribution >= 4 is 11.8 Å². The number of nitrogens with zero attached hydrogens (tertiary/aromatic N) is 1. The molecular weight excluding hydrogens is 212 g/mol. The van der Waals surface area contributed by atoms with Crippen molar-refractivity contribution in [3.63, 3.8) is 0 Å². The molecule has 3 heteroatoms. The van der Waals surface area contributed by atoms with Crippen LogP contribution in [0.2, 0.25) is 0 Å². The molecule has 17 heavy (non-hydrogen) atoms. The Morgan fingerprint density at radius 3 is 2.53 bits per heavy atom. The van der Waals surface area contributed by atoms with Gasteiger partial charge in [-0.1, -0.05) is 19.1 Å². The van der Waals surface area contributed by atoms with Crippen molar-refractivity contribution in [2.75, 3.05) is 0 Å². The number of aromatic hydroxyl groups is 1. The van der Waals surface area contributed by atoms with Gasteiger partial charge in [-0.2, -0.15) is 0 Å². The summed E-state index contributed by atoms with van der Waals surface area (Å²) in [5.41, 5.74) is 9.58. The van der Waals surface area contributed by atoms with Crippen molar-refractivity contribution in [2.45, 2.75) is 32.4 Å².